The Hall–Kier alpha value is -2.95. The van der Waals surface area contributed by atoms with Crippen LogP contribution in [0, 0.1) is 25.2 Å². The molecule has 1 amide bonds. The van der Waals surface area contributed by atoms with Crippen LogP contribution in [-0.2, 0) is 4.79 Å². The first-order valence-corrected chi connectivity index (χ1v) is 11.4. The van der Waals surface area contributed by atoms with Gasteiger partial charge in [-0.2, -0.15) is 5.26 Å². The second-order valence-electron chi connectivity index (χ2n) is 7.43. The van der Waals surface area contributed by atoms with Crippen LogP contribution in [0.25, 0.3) is 17.3 Å². The first-order valence-electron chi connectivity index (χ1n) is 9.74. The summed E-state index contributed by atoms with van der Waals surface area (Å²) in [7, 11) is 0. The van der Waals surface area contributed by atoms with E-state index in [-0.39, 0.29) is 17.2 Å². The molecular formula is C24H22BrN3O2S. The molecule has 1 heterocycles. The summed E-state index contributed by atoms with van der Waals surface area (Å²) < 4.78 is 3.11. The molecule has 1 N–H and O–H groups in total. The predicted molar refractivity (Wildman–Crippen MR) is 129 cm³/mol. The molecule has 3 rings (SSSR count). The van der Waals surface area contributed by atoms with Crippen LogP contribution < -0.4 is 20.1 Å². The van der Waals surface area contributed by atoms with Crippen molar-refractivity contribution in [1.82, 2.24) is 9.88 Å². The van der Waals surface area contributed by atoms with E-state index in [1.165, 1.54) is 4.57 Å². The third kappa shape index (κ3) is 4.71. The number of nitrogens with one attached hydrogen (secondary N) is 1. The number of hydrogen-bond donors (Lipinski definition) is 1. The predicted octanol–water partition coefficient (Wildman–Crippen LogP) is 3.31. The topological polar surface area (TPSA) is 74.9 Å². The fourth-order valence-corrected chi connectivity index (χ4v) is 4.75. The van der Waals surface area contributed by atoms with Crippen molar-refractivity contribution < 1.29 is 4.79 Å². The van der Waals surface area contributed by atoms with Gasteiger partial charge < -0.3 is 5.32 Å². The summed E-state index contributed by atoms with van der Waals surface area (Å²) in [5, 5.41) is 12.6. The highest BCUT2D eigenvalue weighted by Gasteiger charge is 2.19. The highest BCUT2D eigenvalue weighted by molar-refractivity contribution is 9.10. The minimum Gasteiger partial charge on any atom is -0.349 e. The molecule has 0 saturated heterocycles. The van der Waals surface area contributed by atoms with Gasteiger partial charge >= 0.3 is 0 Å². The molecule has 0 bridgehead atoms. The van der Waals surface area contributed by atoms with Crippen LogP contribution in [0.15, 0.2) is 51.7 Å². The van der Waals surface area contributed by atoms with Gasteiger partial charge in [0.25, 0.3) is 11.5 Å². The van der Waals surface area contributed by atoms with Crippen LogP contribution in [0.5, 0.6) is 0 Å². The van der Waals surface area contributed by atoms with E-state index in [0.29, 0.717) is 14.9 Å². The Labute approximate surface area is 193 Å². The number of nitriles is 1. The zero-order valence-corrected chi connectivity index (χ0v) is 20.1. The van der Waals surface area contributed by atoms with Crippen molar-refractivity contribution in [2.75, 3.05) is 0 Å². The van der Waals surface area contributed by atoms with Crippen LogP contribution in [0.3, 0.4) is 0 Å². The Kier molecular flexibility index (Phi) is 6.94. The highest BCUT2D eigenvalue weighted by Crippen LogP contribution is 2.18. The number of hydrogen-bond acceptors (Lipinski definition) is 4. The molecular weight excluding hydrogens is 474 g/mol. The molecule has 158 valence electrons. The smallest absolute Gasteiger partial charge is 0.273 e. The number of para-hydroxylation sites is 1. The minimum absolute atomic E-state index is 0.0785. The third-order valence-corrected chi connectivity index (χ3v) is 6.47. The molecule has 3 aromatic rings. The molecule has 0 aliphatic rings. The number of carbonyl (C=O) groups is 1. The molecule has 1 aromatic heterocycles. The van der Waals surface area contributed by atoms with Gasteiger partial charge in [-0.05, 0) is 56.5 Å². The van der Waals surface area contributed by atoms with Gasteiger partial charge in [-0.3, -0.25) is 14.2 Å². The molecule has 0 radical (unpaired) electrons. The van der Waals surface area contributed by atoms with Gasteiger partial charge in [0.2, 0.25) is 0 Å². The second kappa shape index (κ2) is 9.46. The van der Waals surface area contributed by atoms with E-state index in [2.05, 4.69) is 21.2 Å². The zero-order chi connectivity index (χ0) is 22.7. The first-order chi connectivity index (χ1) is 14.7. The average Bonchev–Trinajstić information content (AvgIpc) is 3.00. The number of aromatic nitrogens is 1. The lowest BCUT2D eigenvalue weighted by Crippen LogP contribution is -2.36. The van der Waals surface area contributed by atoms with Crippen molar-refractivity contribution in [3.63, 3.8) is 0 Å². The number of nitrogens with zero attached hydrogens (tertiary/aromatic N) is 2. The molecule has 0 aliphatic heterocycles. The number of thiazole rings is 1. The lowest BCUT2D eigenvalue weighted by Gasteiger charge is -2.11. The number of halogens is 1. The molecule has 7 heteroatoms. The largest absolute Gasteiger partial charge is 0.349 e. The molecule has 0 spiro atoms. The fourth-order valence-electron chi connectivity index (χ4n) is 3.27. The Morgan fingerprint density at radius 3 is 2.39 bits per heavy atom. The van der Waals surface area contributed by atoms with Gasteiger partial charge in [0.15, 0.2) is 5.57 Å². The zero-order valence-electron chi connectivity index (χ0n) is 17.7. The van der Waals surface area contributed by atoms with Gasteiger partial charge in [-0.1, -0.05) is 52.3 Å². The fraction of sp³-hybridized carbons (Fsp3) is 0.208. The summed E-state index contributed by atoms with van der Waals surface area (Å²) in [5.41, 5.74) is 2.95. The van der Waals surface area contributed by atoms with E-state index in [9.17, 15) is 14.9 Å². The SMILES string of the molecule is Cc1cccc(C)c1-n1c(=C(C#N)C(=O)NC(C)C)sc(=Cc2ccccc2Br)c1=O. The van der Waals surface area contributed by atoms with Crippen LogP contribution in [0.1, 0.15) is 30.5 Å². The van der Waals surface area contributed by atoms with Gasteiger partial charge in [-0.25, -0.2) is 0 Å². The highest BCUT2D eigenvalue weighted by atomic mass is 79.9. The van der Waals surface area contributed by atoms with Crippen molar-refractivity contribution in [3.05, 3.63) is 83.2 Å². The summed E-state index contributed by atoms with van der Waals surface area (Å²) in [6.07, 6.45) is 1.78. The number of carbonyl (C=O) groups excluding carboxylic acids is 1. The Morgan fingerprint density at radius 2 is 1.81 bits per heavy atom. The quantitative estimate of drug-likeness (QED) is 0.603. The average molecular weight is 496 g/mol. The van der Waals surface area contributed by atoms with E-state index in [1.807, 2.05) is 76.2 Å². The van der Waals surface area contributed by atoms with Crippen molar-refractivity contribution in [2.24, 2.45) is 0 Å². The van der Waals surface area contributed by atoms with Crippen LogP contribution in [0.4, 0.5) is 0 Å². The van der Waals surface area contributed by atoms with E-state index in [4.69, 9.17) is 0 Å². The number of benzene rings is 2. The molecule has 0 atom stereocenters. The lowest BCUT2D eigenvalue weighted by atomic mass is 10.1. The summed E-state index contributed by atoms with van der Waals surface area (Å²) in [5.74, 6) is -0.494. The van der Waals surface area contributed by atoms with Crippen LogP contribution >= 0.6 is 27.3 Å². The maximum Gasteiger partial charge on any atom is 0.273 e. The standard InChI is InChI=1S/C24H22BrN3O2S/c1-14(2)27-22(29)18(13-26)24-28(21-15(3)8-7-9-16(21)4)23(30)20(31-24)12-17-10-5-6-11-19(17)25/h5-12,14H,1-4H3,(H,27,29). The Bertz CT molecular complexity index is 1360. The van der Waals surface area contributed by atoms with Gasteiger partial charge in [0, 0.05) is 10.5 Å². The Balaban J connectivity index is 2.47. The van der Waals surface area contributed by atoms with Gasteiger partial charge in [0.05, 0.1) is 10.2 Å². The van der Waals surface area contributed by atoms with Crippen molar-refractivity contribution in [1.29, 1.82) is 5.26 Å². The first kappa shape index (κ1) is 22.7. The monoisotopic (exact) mass is 495 g/mol. The normalized spacial score (nSPS) is 12.6. The van der Waals surface area contributed by atoms with E-state index < -0.39 is 5.91 Å². The number of rotatable bonds is 4. The molecule has 0 unspecified atom stereocenters. The molecule has 5 nitrogen and oxygen atoms in total. The summed E-state index contributed by atoms with van der Waals surface area (Å²) in [6.45, 7) is 7.47. The molecule has 0 aliphatic carbocycles. The van der Waals surface area contributed by atoms with Crippen molar-refractivity contribution in [3.8, 4) is 11.8 Å². The van der Waals surface area contributed by atoms with Crippen molar-refractivity contribution in [2.45, 2.75) is 33.7 Å². The maximum atomic E-state index is 13.5. The Morgan fingerprint density at radius 1 is 1.16 bits per heavy atom. The molecule has 0 saturated carbocycles. The second-order valence-corrected chi connectivity index (χ2v) is 9.32. The van der Waals surface area contributed by atoms with Crippen molar-refractivity contribution >= 4 is 44.8 Å². The van der Waals surface area contributed by atoms with Gasteiger partial charge in [0.1, 0.15) is 10.7 Å². The lowest BCUT2D eigenvalue weighted by molar-refractivity contribution is -0.116. The molecule has 2 aromatic carbocycles. The van der Waals surface area contributed by atoms with E-state index in [0.717, 1.165) is 32.5 Å². The van der Waals surface area contributed by atoms with Gasteiger partial charge in [-0.15, -0.1) is 11.3 Å². The minimum atomic E-state index is -0.494. The molecule has 31 heavy (non-hydrogen) atoms. The van der Waals surface area contributed by atoms with E-state index >= 15 is 0 Å². The van der Waals surface area contributed by atoms with Crippen LogP contribution in [0.2, 0.25) is 0 Å². The summed E-state index contributed by atoms with van der Waals surface area (Å²) in [4.78, 5) is 26.3. The number of amides is 1. The summed E-state index contributed by atoms with van der Waals surface area (Å²) >= 11 is 4.65. The summed E-state index contributed by atoms with van der Waals surface area (Å²) in [6, 6.07) is 15.2. The maximum absolute atomic E-state index is 13.5. The molecule has 0 fully saturated rings. The third-order valence-electron chi connectivity index (χ3n) is 4.65. The van der Waals surface area contributed by atoms with E-state index in [1.54, 1.807) is 6.08 Å². The van der Waals surface area contributed by atoms with Crippen LogP contribution in [-0.4, -0.2) is 16.5 Å². The number of aryl methyl sites for hydroxylation is 2.